The molecule has 1 N–H and O–H groups in total. The van der Waals surface area contributed by atoms with Crippen LogP contribution in [0.25, 0.3) is 0 Å². The lowest BCUT2D eigenvalue weighted by molar-refractivity contribution is -0.120. The largest absolute Gasteiger partial charge is 0.459 e. The zero-order valence-corrected chi connectivity index (χ0v) is 18.3. The highest BCUT2D eigenvalue weighted by atomic mass is 32.1. The third kappa shape index (κ3) is 4.48. The molecule has 2 aromatic heterocycles. The molecular weight excluding hydrogens is 400 g/mol. The Balaban J connectivity index is 1.46. The monoisotopic (exact) mass is 428 g/mol. The normalized spacial score (nSPS) is 17.0. The summed E-state index contributed by atoms with van der Waals surface area (Å²) < 4.78 is 5.49. The van der Waals surface area contributed by atoms with Gasteiger partial charge in [0.05, 0.1) is 11.7 Å². The Labute approximate surface area is 180 Å². The Morgan fingerprint density at radius 1 is 1.17 bits per heavy atom. The number of hydrogen-bond acceptors (Lipinski definition) is 7. The van der Waals surface area contributed by atoms with Crippen molar-refractivity contribution in [1.82, 2.24) is 9.97 Å². The second kappa shape index (κ2) is 9.12. The number of carbonyl (C=O) groups excluding carboxylic acids is 2. The Hall–Kier alpha value is -2.48. The summed E-state index contributed by atoms with van der Waals surface area (Å²) >= 11 is 1.54. The molecule has 2 aliphatic rings. The highest BCUT2D eigenvalue weighted by Crippen LogP contribution is 2.39. The Morgan fingerprint density at radius 2 is 1.87 bits per heavy atom. The van der Waals surface area contributed by atoms with Gasteiger partial charge < -0.3 is 15.0 Å². The summed E-state index contributed by atoms with van der Waals surface area (Å²) in [6.45, 7) is 5.18. The number of piperidine rings is 1. The number of anilines is 2. The van der Waals surface area contributed by atoms with E-state index < -0.39 is 0 Å². The van der Waals surface area contributed by atoms with Gasteiger partial charge in [-0.1, -0.05) is 0 Å². The van der Waals surface area contributed by atoms with Crippen LogP contribution in [-0.4, -0.2) is 41.0 Å². The van der Waals surface area contributed by atoms with E-state index in [1.807, 2.05) is 13.8 Å². The highest BCUT2D eigenvalue weighted by Gasteiger charge is 2.31. The topological polar surface area (TPSA) is 84.4 Å². The molecule has 0 bridgehead atoms. The van der Waals surface area contributed by atoms with Crippen molar-refractivity contribution < 1.29 is 14.3 Å². The van der Waals surface area contributed by atoms with Crippen LogP contribution >= 0.6 is 11.3 Å². The maximum absolute atomic E-state index is 13.0. The zero-order chi connectivity index (χ0) is 21.1. The Kier molecular flexibility index (Phi) is 6.32. The number of amides is 1. The lowest BCUT2D eigenvalue weighted by Gasteiger charge is -2.31. The van der Waals surface area contributed by atoms with Gasteiger partial charge in [0.2, 0.25) is 11.9 Å². The van der Waals surface area contributed by atoms with Gasteiger partial charge in [0, 0.05) is 36.3 Å². The second-order valence-electron chi connectivity index (χ2n) is 8.17. The van der Waals surface area contributed by atoms with Crippen LogP contribution in [-0.2, 0) is 22.4 Å². The summed E-state index contributed by atoms with van der Waals surface area (Å²) in [5.41, 5.74) is 1.65. The molecule has 2 aromatic rings. The number of ether oxygens (including phenoxy) is 1. The standard InChI is InChI=1S/C22H28N4O3S/c1-14(2)29-21(28)18-16-6-3-4-7-17(16)30-20(18)25-19(27)15-8-12-26(13-9-15)22-23-10-5-11-24-22/h5,10-11,14-15H,3-4,6-9,12-13H2,1-2H3,(H,25,27). The molecule has 160 valence electrons. The molecule has 0 aromatic carbocycles. The summed E-state index contributed by atoms with van der Waals surface area (Å²) in [5, 5.41) is 3.73. The summed E-state index contributed by atoms with van der Waals surface area (Å²) in [6, 6.07) is 1.80. The first-order chi connectivity index (χ1) is 14.5. The Morgan fingerprint density at radius 3 is 2.57 bits per heavy atom. The van der Waals surface area contributed by atoms with E-state index in [0.29, 0.717) is 16.5 Å². The lowest BCUT2D eigenvalue weighted by Crippen LogP contribution is -2.39. The number of hydrogen-bond donors (Lipinski definition) is 1. The summed E-state index contributed by atoms with van der Waals surface area (Å²) in [5.74, 6) is 0.288. The summed E-state index contributed by atoms with van der Waals surface area (Å²) in [6.07, 6.45) is 8.78. The molecule has 0 unspecified atom stereocenters. The molecule has 4 rings (SSSR count). The molecule has 8 heteroatoms. The van der Waals surface area contributed by atoms with E-state index in [2.05, 4.69) is 20.2 Å². The van der Waals surface area contributed by atoms with Gasteiger partial charge in [-0.3, -0.25) is 4.79 Å². The predicted octanol–water partition coefficient (Wildman–Crippen LogP) is 3.84. The minimum atomic E-state index is -0.323. The van der Waals surface area contributed by atoms with Gasteiger partial charge in [-0.25, -0.2) is 14.8 Å². The number of nitrogens with one attached hydrogen (secondary N) is 1. The van der Waals surface area contributed by atoms with Gasteiger partial charge in [0.1, 0.15) is 5.00 Å². The number of fused-ring (bicyclic) bond motifs is 1. The number of aryl methyl sites for hydroxylation is 1. The first kappa shape index (κ1) is 20.8. The van der Waals surface area contributed by atoms with Crippen LogP contribution in [0.4, 0.5) is 10.9 Å². The Bertz CT molecular complexity index is 905. The van der Waals surface area contributed by atoms with Crippen LogP contribution in [0.2, 0.25) is 0 Å². The van der Waals surface area contributed by atoms with Crippen LogP contribution in [0.15, 0.2) is 18.5 Å². The van der Waals surface area contributed by atoms with Crippen molar-refractivity contribution in [2.75, 3.05) is 23.3 Å². The fourth-order valence-corrected chi connectivity index (χ4v) is 5.43. The van der Waals surface area contributed by atoms with Crippen LogP contribution in [0.1, 0.15) is 60.3 Å². The molecular formula is C22H28N4O3S. The molecule has 1 fully saturated rings. The molecule has 0 spiro atoms. The van der Waals surface area contributed by atoms with E-state index in [0.717, 1.165) is 57.2 Å². The molecule has 1 aliphatic carbocycles. The molecule has 0 radical (unpaired) electrons. The molecule has 0 saturated carbocycles. The average molecular weight is 429 g/mol. The van der Waals surface area contributed by atoms with E-state index in [4.69, 9.17) is 4.74 Å². The first-order valence-electron chi connectivity index (χ1n) is 10.7. The van der Waals surface area contributed by atoms with E-state index in [-0.39, 0.29) is 23.9 Å². The van der Waals surface area contributed by atoms with Gasteiger partial charge >= 0.3 is 5.97 Å². The van der Waals surface area contributed by atoms with Crippen LogP contribution in [0.5, 0.6) is 0 Å². The fraction of sp³-hybridized carbons (Fsp3) is 0.545. The third-order valence-corrected chi connectivity index (χ3v) is 6.86. The number of nitrogens with zero attached hydrogens (tertiary/aromatic N) is 3. The minimum Gasteiger partial charge on any atom is -0.459 e. The van der Waals surface area contributed by atoms with Gasteiger partial charge in [-0.05, 0) is 64.0 Å². The van der Waals surface area contributed by atoms with Gasteiger partial charge in [0.25, 0.3) is 0 Å². The van der Waals surface area contributed by atoms with Crippen molar-refractivity contribution in [1.29, 1.82) is 0 Å². The van der Waals surface area contributed by atoms with Gasteiger partial charge in [-0.15, -0.1) is 11.3 Å². The molecule has 0 atom stereocenters. The van der Waals surface area contributed by atoms with E-state index >= 15 is 0 Å². The molecule has 7 nitrogen and oxygen atoms in total. The summed E-state index contributed by atoms with van der Waals surface area (Å²) in [4.78, 5) is 37.7. The van der Waals surface area contributed by atoms with Gasteiger partial charge in [0.15, 0.2) is 0 Å². The fourth-order valence-electron chi connectivity index (χ4n) is 4.15. The van der Waals surface area contributed by atoms with Crippen molar-refractivity contribution >= 4 is 34.2 Å². The average Bonchev–Trinajstić information content (AvgIpc) is 3.12. The molecule has 1 aliphatic heterocycles. The number of rotatable bonds is 5. The smallest absolute Gasteiger partial charge is 0.341 e. The molecule has 1 saturated heterocycles. The quantitative estimate of drug-likeness (QED) is 0.729. The minimum absolute atomic E-state index is 0.0131. The van der Waals surface area contributed by atoms with Gasteiger partial charge in [-0.2, -0.15) is 0 Å². The maximum atomic E-state index is 13.0. The van der Waals surface area contributed by atoms with Crippen molar-refractivity contribution in [2.45, 2.75) is 58.5 Å². The predicted molar refractivity (Wildman–Crippen MR) is 117 cm³/mol. The number of carbonyl (C=O) groups is 2. The SMILES string of the molecule is CC(C)OC(=O)c1c(NC(=O)C2CCN(c3ncccn3)CC2)sc2c1CCCC2. The van der Waals surface area contributed by atoms with E-state index in [1.54, 1.807) is 29.8 Å². The molecule has 3 heterocycles. The van der Waals surface area contributed by atoms with E-state index in [9.17, 15) is 9.59 Å². The van der Waals surface area contributed by atoms with Crippen molar-refractivity contribution in [2.24, 2.45) is 5.92 Å². The lowest BCUT2D eigenvalue weighted by atomic mass is 9.94. The van der Waals surface area contributed by atoms with Crippen molar-refractivity contribution in [3.63, 3.8) is 0 Å². The molecule has 1 amide bonds. The first-order valence-corrected chi connectivity index (χ1v) is 11.5. The highest BCUT2D eigenvalue weighted by molar-refractivity contribution is 7.17. The van der Waals surface area contributed by atoms with Crippen LogP contribution in [0, 0.1) is 5.92 Å². The maximum Gasteiger partial charge on any atom is 0.341 e. The van der Waals surface area contributed by atoms with Crippen LogP contribution < -0.4 is 10.2 Å². The van der Waals surface area contributed by atoms with E-state index in [1.165, 1.54) is 4.88 Å². The number of esters is 1. The number of thiophene rings is 1. The molecule has 30 heavy (non-hydrogen) atoms. The van der Waals surface area contributed by atoms with Crippen molar-refractivity contribution in [3.8, 4) is 0 Å². The van der Waals surface area contributed by atoms with Crippen molar-refractivity contribution in [3.05, 3.63) is 34.5 Å². The zero-order valence-electron chi connectivity index (χ0n) is 17.5. The summed E-state index contributed by atoms with van der Waals surface area (Å²) in [7, 11) is 0. The van der Waals surface area contributed by atoms with Crippen LogP contribution in [0.3, 0.4) is 0 Å². The second-order valence-corrected chi connectivity index (χ2v) is 9.27. The third-order valence-electron chi connectivity index (χ3n) is 5.66. The number of aromatic nitrogens is 2.